The Labute approximate surface area is 114 Å². The Kier molecular flexibility index (Phi) is 4.76. The van der Waals surface area contributed by atoms with Crippen molar-refractivity contribution in [3.05, 3.63) is 0 Å². The minimum Gasteiger partial charge on any atom is -0.329 e. The predicted octanol–water partition coefficient (Wildman–Crippen LogP) is 0.130. The van der Waals surface area contributed by atoms with Crippen molar-refractivity contribution in [2.75, 3.05) is 26.2 Å². The largest absolute Gasteiger partial charge is 0.329 e. The van der Waals surface area contributed by atoms with Crippen LogP contribution in [0.3, 0.4) is 0 Å². The van der Waals surface area contributed by atoms with Crippen molar-refractivity contribution in [2.24, 2.45) is 5.73 Å². The lowest BCUT2D eigenvalue weighted by atomic mass is 9.91. The van der Waals surface area contributed by atoms with E-state index >= 15 is 0 Å². The van der Waals surface area contributed by atoms with Crippen molar-refractivity contribution >= 4 is 11.9 Å². The predicted molar refractivity (Wildman–Crippen MR) is 72.6 cm³/mol. The van der Waals surface area contributed by atoms with Gasteiger partial charge in [-0.15, -0.1) is 0 Å². The number of urea groups is 1. The molecule has 1 aliphatic carbocycles. The Morgan fingerprint density at radius 3 is 2.53 bits per heavy atom. The summed E-state index contributed by atoms with van der Waals surface area (Å²) in [5, 5.41) is 2.55. The first-order valence-electron chi connectivity index (χ1n) is 7.19. The second kappa shape index (κ2) is 6.34. The number of amides is 3. The first-order valence-corrected chi connectivity index (χ1v) is 7.19. The van der Waals surface area contributed by atoms with Gasteiger partial charge in [-0.05, 0) is 32.2 Å². The molecule has 1 saturated carbocycles. The van der Waals surface area contributed by atoms with Crippen molar-refractivity contribution in [1.82, 2.24) is 15.1 Å². The summed E-state index contributed by atoms with van der Waals surface area (Å²) >= 11 is 0. The molecular weight excluding hydrogens is 244 g/mol. The van der Waals surface area contributed by atoms with E-state index in [2.05, 4.69) is 17.1 Å². The van der Waals surface area contributed by atoms with Crippen LogP contribution in [0, 0.1) is 0 Å². The number of imide groups is 1. The quantitative estimate of drug-likeness (QED) is 0.695. The average molecular weight is 268 g/mol. The van der Waals surface area contributed by atoms with E-state index in [1.165, 1.54) is 4.90 Å². The number of hydrogen-bond acceptors (Lipinski definition) is 4. The summed E-state index contributed by atoms with van der Waals surface area (Å²) in [7, 11) is 0. The molecule has 0 aromatic rings. The van der Waals surface area contributed by atoms with Gasteiger partial charge in [0.1, 0.15) is 0 Å². The molecule has 0 aromatic carbocycles. The van der Waals surface area contributed by atoms with Crippen LogP contribution < -0.4 is 11.1 Å². The Morgan fingerprint density at radius 2 is 2.00 bits per heavy atom. The topological polar surface area (TPSA) is 78.7 Å². The smallest absolute Gasteiger partial charge is 0.324 e. The Bertz CT molecular complexity index is 324. The van der Waals surface area contributed by atoms with Crippen molar-refractivity contribution in [1.29, 1.82) is 0 Å². The molecule has 3 amide bonds. The summed E-state index contributed by atoms with van der Waals surface area (Å²) in [6.07, 6.45) is 4.39. The standard InChI is InChI=1S/C13H24N4O2/c1-2-16(11-5-3-10(14)4-6-11)7-8-17-12(18)9-15-13(17)19/h10-11H,2-9,14H2,1H3,(H,15,19). The fraction of sp³-hybridized carbons (Fsp3) is 0.846. The second-order valence-corrected chi connectivity index (χ2v) is 5.40. The zero-order valence-corrected chi connectivity index (χ0v) is 11.6. The van der Waals surface area contributed by atoms with Crippen LogP contribution in [0.1, 0.15) is 32.6 Å². The van der Waals surface area contributed by atoms with Gasteiger partial charge >= 0.3 is 6.03 Å². The van der Waals surface area contributed by atoms with Gasteiger partial charge in [0.2, 0.25) is 5.91 Å². The zero-order chi connectivity index (χ0) is 13.8. The third kappa shape index (κ3) is 3.45. The van der Waals surface area contributed by atoms with Crippen LogP contribution in [0.2, 0.25) is 0 Å². The normalized spacial score (nSPS) is 28.1. The van der Waals surface area contributed by atoms with E-state index in [9.17, 15) is 9.59 Å². The van der Waals surface area contributed by atoms with E-state index in [0.29, 0.717) is 18.6 Å². The number of hydrogen-bond donors (Lipinski definition) is 2. The molecular formula is C13H24N4O2. The van der Waals surface area contributed by atoms with Crippen molar-refractivity contribution < 1.29 is 9.59 Å². The molecule has 0 bridgehead atoms. The molecule has 1 heterocycles. The summed E-state index contributed by atoms with van der Waals surface area (Å²) in [5.74, 6) is -0.119. The molecule has 2 aliphatic rings. The third-order valence-corrected chi connectivity index (χ3v) is 4.21. The number of nitrogens with two attached hydrogens (primary N) is 1. The van der Waals surface area contributed by atoms with Crippen LogP contribution in [0.4, 0.5) is 4.79 Å². The van der Waals surface area contributed by atoms with Crippen LogP contribution in [0.15, 0.2) is 0 Å². The van der Waals surface area contributed by atoms with E-state index in [1.54, 1.807) is 0 Å². The maximum absolute atomic E-state index is 11.5. The van der Waals surface area contributed by atoms with Crippen molar-refractivity contribution in [3.8, 4) is 0 Å². The number of nitrogens with zero attached hydrogens (tertiary/aromatic N) is 2. The molecule has 1 aliphatic heterocycles. The molecule has 0 atom stereocenters. The first-order chi connectivity index (χ1) is 9.11. The summed E-state index contributed by atoms with van der Waals surface area (Å²) < 4.78 is 0. The average Bonchev–Trinajstić information content (AvgIpc) is 2.72. The van der Waals surface area contributed by atoms with Crippen LogP contribution >= 0.6 is 0 Å². The van der Waals surface area contributed by atoms with Gasteiger partial charge in [-0.25, -0.2) is 4.79 Å². The fourth-order valence-electron chi connectivity index (χ4n) is 2.98. The van der Waals surface area contributed by atoms with Gasteiger partial charge in [0, 0.05) is 25.2 Å². The SMILES string of the molecule is CCN(CCN1C(=O)CNC1=O)C1CCC(N)CC1. The molecule has 108 valence electrons. The Hall–Kier alpha value is -1.14. The highest BCUT2D eigenvalue weighted by Crippen LogP contribution is 2.21. The summed E-state index contributed by atoms with van der Waals surface area (Å²) in [6.45, 7) is 4.46. The molecule has 6 nitrogen and oxygen atoms in total. The minimum absolute atomic E-state index is 0.119. The maximum atomic E-state index is 11.5. The highest BCUT2D eigenvalue weighted by molar-refractivity contribution is 6.01. The fourth-order valence-corrected chi connectivity index (χ4v) is 2.98. The highest BCUT2D eigenvalue weighted by Gasteiger charge is 2.29. The number of carbonyl (C=O) groups is 2. The first kappa shape index (κ1) is 14.3. The molecule has 0 radical (unpaired) electrons. The lowest BCUT2D eigenvalue weighted by molar-refractivity contribution is -0.125. The van der Waals surface area contributed by atoms with Gasteiger partial charge in [-0.3, -0.25) is 14.6 Å². The van der Waals surface area contributed by atoms with Crippen LogP contribution in [-0.4, -0.2) is 60.0 Å². The second-order valence-electron chi connectivity index (χ2n) is 5.40. The molecule has 2 fully saturated rings. The van der Waals surface area contributed by atoms with E-state index in [0.717, 1.165) is 38.8 Å². The van der Waals surface area contributed by atoms with E-state index in [4.69, 9.17) is 5.73 Å². The van der Waals surface area contributed by atoms with Crippen LogP contribution in [-0.2, 0) is 4.79 Å². The van der Waals surface area contributed by atoms with Crippen molar-refractivity contribution in [3.63, 3.8) is 0 Å². The molecule has 0 spiro atoms. The van der Waals surface area contributed by atoms with Gasteiger partial charge in [0.05, 0.1) is 6.54 Å². The van der Waals surface area contributed by atoms with Crippen LogP contribution in [0.25, 0.3) is 0 Å². The monoisotopic (exact) mass is 268 g/mol. The van der Waals surface area contributed by atoms with E-state index < -0.39 is 0 Å². The minimum atomic E-state index is -0.258. The highest BCUT2D eigenvalue weighted by atomic mass is 16.2. The van der Waals surface area contributed by atoms with Crippen LogP contribution in [0.5, 0.6) is 0 Å². The van der Waals surface area contributed by atoms with Gasteiger partial charge in [0.15, 0.2) is 0 Å². The van der Waals surface area contributed by atoms with Gasteiger partial charge in [-0.1, -0.05) is 6.92 Å². The zero-order valence-electron chi connectivity index (χ0n) is 11.6. The molecule has 0 aromatic heterocycles. The van der Waals surface area contributed by atoms with E-state index in [-0.39, 0.29) is 18.5 Å². The van der Waals surface area contributed by atoms with Gasteiger partial charge in [0.25, 0.3) is 0 Å². The lowest BCUT2D eigenvalue weighted by Gasteiger charge is -2.35. The van der Waals surface area contributed by atoms with E-state index in [1.807, 2.05) is 0 Å². The van der Waals surface area contributed by atoms with Gasteiger partial charge < -0.3 is 11.1 Å². The molecule has 3 N–H and O–H groups in total. The molecule has 6 heteroatoms. The maximum Gasteiger partial charge on any atom is 0.324 e. The third-order valence-electron chi connectivity index (χ3n) is 4.21. The molecule has 19 heavy (non-hydrogen) atoms. The molecule has 1 saturated heterocycles. The number of rotatable bonds is 5. The summed E-state index contributed by atoms with van der Waals surface area (Å²) in [5.41, 5.74) is 5.92. The Morgan fingerprint density at radius 1 is 1.32 bits per heavy atom. The number of nitrogens with one attached hydrogen (secondary N) is 1. The summed E-state index contributed by atoms with van der Waals surface area (Å²) in [4.78, 5) is 26.7. The Balaban J connectivity index is 1.82. The number of likely N-dealkylation sites (N-methyl/N-ethyl adjacent to an activating group) is 1. The summed E-state index contributed by atoms with van der Waals surface area (Å²) in [6, 6.07) is 0.637. The number of carbonyl (C=O) groups excluding carboxylic acids is 2. The molecule has 2 rings (SSSR count). The van der Waals surface area contributed by atoms with Gasteiger partial charge in [-0.2, -0.15) is 0 Å². The molecule has 0 unspecified atom stereocenters. The lowest BCUT2D eigenvalue weighted by Crippen LogP contribution is -2.45. The van der Waals surface area contributed by atoms with Crippen molar-refractivity contribution in [2.45, 2.75) is 44.7 Å².